The summed E-state index contributed by atoms with van der Waals surface area (Å²) in [6, 6.07) is 9.45. The molecule has 0 bridgehead atoms. The molecule has 5 heteroatoms. The summed E-state index contributed by atoms with van der Waals surface area (Å²) >= 11 is 0. The van der Waals surface area contributed by atoms with Crippen LogP contribution in [0.5, 0.6) is 0 Å². The van der Waals surface area contributed by atoms with Gasteiger partial charge in [-0.15, -0.1) is 0 Å². The van der Waals surface area contributed by atoms with Crippen molar-refractivity contribution in [2.24, 2.45) is 11.8 Å². The SMILES string of the molecule is O=C(O)CC1(NC(=O)OCc2ccccc2)CC[C@@H]2CC[C@@H]21. The van der Waals surface area contributed by atoms with Crippen LogP contribution in [-0.4, -0.2) is 22.7 Å². The molecule has 5 nitrogen and oxygen atoms in total. The van der Waals surface area contributed by atoms with Gasteiger partial charge in [-0.05, 0) is 43.1 Å². The minimum Gasteiger partial charge on any atom is -0.481 e. The van der Waals surface area contributed by atoms with Crippen molar-refractivity contribution in [3.05, 3.63) is 35.9 Å². The molecule has 22 heavy (non-hydrogen) atoms. The van der Waals surface area contributed by atoms with Crippen molar-refractivity contribution in [1.29, 1.82) is 0 Å². The van der Waals surface area contributed by atoms with E-state index < -0.39 is 17.6 Å². The summed E-state index contributed by atoms with van der Waals surface area (Å²) in [7, 11) is 0. The van der Waals surface area contributed by atoms with Crippen LogP contribution >= 0.6 is 0 Å². The number of hydrogen-bond acceptors (Lipinski definition) is 3. The lowest BCUT2D eigenvalue weighted by molar-refractivity contribution is -0.139. The van der Waals surface area contributed by atoms with E-state index in [1.165, 1.54) is 0 Å². The van der Waals surface area contributed by atoms with Gasteiger partial charge in [-0.1, -0.05) is 30.3 Å². The largest absolute Gasteiger partial charge is 0.481 e. The number of aliphatic carboxylic acids is 1. The van der Waals surface area contributed by atoms with Crippen molar-refractivity contribution in [1.82, 2.24) is 5.32 Å². The summed E-state index contributed by atoms with van der Waals surface area (Å²) in [6.45, 7) is 0.198. The smallest absolute Gasteiger partial charge is 0.407 e. The van der Waals surface area contributed by atoms with Gasteiger partial charge in [-0.3, -0.25) is 4.79 Å². The lowest BCUT2D eigenvalue weighted by Crippen LogP contribution is -2.55. The van der Waals surface area contributed by atoms with Gasteiger partial charge in [-0.2, -0.15) is 0 Å². The zero-order valence-electron chi connectivity index (χ0n) is 12.5. The molecule has 2 aliphatic carbocycles. The van der Waals surface area contributed by atoms with Crippen LogP contribution in [0.25, 0.3) is 0 Å². The maximum absolute atomic E-state index is 12.1. The van der Waals surface area contributed by atoms with Gasteiger partial charge < -0.3 is 15.2 Å². The fourth-order valence-electron chi connectivity index (χ4n) is 3.92. The fourth-order valence-corrected chi connectivity index (χ4v) is 3.92. The number of amides is 1. The summed E-state index contributed by atoms with van der Waals surface area (Å²) < 4.78 is 5.26. The Morgan fingerprint density at radius 3 is 2.59 bits per heavy atom. The molecule has 1 amide bonds. The number of benzene rings is 1. The number of carboxylic acid groups (broad SMARTS) is 1. The van der Waals surface area contributed by atoms with Crippen LogP contribution in [-0.2, 0) is 16.1 Å². The molecule has 2 fully saturated rings. The number of rotatable bonds is 5. The zero-order valence-corrected chi connectivity index (χ0v) is 12.5. The molecule has 0 heterocycles. The lowest BCUT2D eigenvalue weighted by atomic mass is 9.68. The van der Waals surface area contributed by atoms with E-state index in [1.54, 1.807) is 0 Å². The number of hydrogen-bond donors (Lipinski definition) is 2. The third-order valence-corrected chi connectivity index (χ3v) is 5.12. The summed E-state index contributed by atoms with van der Waals surface area (Å²) in [4.78, 5) is 23.3. The number of ether oxygens (including phenoxy) is 1. The van der Waals surface area contributed by atoms with Gasteiger partial charge in [0.25, 0.3) is 0 Å². The van der Waals surface area contributed by atoms with E-state index in [2.05, 4.69) is 5.32 Å². The highest BCUT2D eigenvalue weighted by molar-refractivity contribution is 5.73. The Labute approximate surface area is 129 Å². The molecule has 1 unspecified atom stereocenters. The molecule has 1 aromatic rings. The molecule has 2 saturated carbocycles. The lowest BCUT2D eigenvalue weighted by Gasteiger charge is -2.42. The first-order valence-corrected chi connectivity index (χ1v) is 7.80. The van der Waals surface area contributed by atoms with Crippen molar-refractivity contribution in [3.63, 3.8) is 0 Å². The van der Waals surface area contributed by atoms with Crippen LogP contribution < -0.4 is 5.32 Å². The van der Waals surface area contributed by atoms with Crippen LogP contribution in [0, 0.1) is 11.8 Å². The van der Waals surface area contributed by atoms with Gasteiger partial charge in [-0.25, -0.2) is 4.79 Å². The van der Waals surface area contributed by atoms with Crippen molar-refractivity contribution >= 4 is 12.1 Å². The van der Waals surface area contributed by atoms with Gasteiger partial charge in [0.1, 0.15) is 6.61 Å². The molecular formula is C17H21NO4. The highest BCUT2D eigenvalue weighted by Crippen LogP contribution is 2.53. The summed E-state index contributed by atoms with van der Waals surface area (Å²) in [5, 5.41) is 12.1. The highest BCUT2D eigenvalue weighted by Gasteiger charge is 2.54. The first kappa shape index (κ1) is 14.9. The van der Waals surface area contributed by atoms with Gasteiger partial charge in [0.2, 0.25) is 0 Å². The van der Waals surface area contributed by atoms with Crippen molar-refractivity contribution in [2.45, 2.75) is 44.2 Å². The molecule has 0 aliphatic heterocycles. The molecule has 3 rings (SSSR count). The Bertz CT molecular complexity index is 559. The maximum atomic E-state index is 12.1. The Balaban J connectivity index is 1.61. The van der Waals surface area contributed by atoms with E-state index in [0.717, 1.165) is 31.2 Å². The minimum absolute atomic E-state index is 0.0192. The topological polar surface area (TPSA) is 75.6 Å². The van der Waals surface area contributed by atoms with Gasteiger partial charge in [0, 0.05) is 0 Å². The summed E-state index contributed by atoms with van der Waals surface area (Å²) in [5.41, 5.74) is 0.292. The first-order chi connectivity index (χ1) is 10.6. The van der Waals surface area contributed by atoms with Crippen LogP contribution in [0.4, 0.5) is 4.79 Å². The second-order valence-corrected chi connectivity index (χ2v) is 6.40. The molecule has 0 radical (unpaired) electrons. The van der Waals surface area contributed by atoms with E-state index in [0.29, 0.717) is 5.92 Å². The molecule has 118 valence electrons. The third kappa shape index (κ3) is 2.93. The number of fused-ring (bicyclic) bond motifs is 1. The molecule has 2 aliphatic rings. The Morgan fingerprint density at radius 2 is 2.00 bits per heavy atom. The molecule has 1 aromatic carbocycles. The number of carboxylic acids is 1. The van der Waals surface area contributed by atoms with E-state index in [-0.39, 0.29) is 18.9 Å². The first-order valence-electron chi connectivity index (χ1n) is 7.80. The molecular weight excluding hydrogens is 282 g/mol. The second kappa shape index (κ2) is 5.99. The van der Waals surface area contributed by atoms with E-state index in [1.807, 2.05) is 30.3 Å². The molecule has 0 aromatic heterocycles. The quantitative estimate of drug-likeness (QED) is 0.877. The molecule has 0 spiro atoms. The predicted octanol–water partition coefficient (Wildman–Crippen LogP) is 2.95. The average molecular weight is 303 g/mol. The van der Waals surface area contributed by atoms with Crippen molar-refractivity contribution < 1.29 is 19.4 Å². The second-order valence-electron chi connectivity index (χ2n) is 6.40. The Morgan fingerprint density at radius 1 is 1.23 bits per heavy atom. The number of carbonyl (C=O) groups excluding carboxylic acids is 1. The standard InChI is InChI=1S/C17H21NO4/c19-15(20)10-17(9-8-13-6-7-14(13)17)18-16(21)22-11-12-4-2-1-3-5-12/h1-5,13-14H,6-11H2,(H,18,21)(H,19,20)/t13-,14-,17?/m0/s1. The van der Waals surface area contributed by atoms with Crippen LogP contribution in [0.3, 0.4) is 0 Å². The Kier molecular flexibility index (Phi) is 4.05. The Hall–Kier alpha value is -2.04. The number of carbonyl (C=O) groups is 2. The summed E-state index contributed by atoms with van der Waals surface area (Å²) in [5.74, 6) is -0.0162. The van der Waals surface area contributed by atoms with E-state index >= 15 is 0 Å². The van der Waals surface area contributed by atoms with Crippen molar-refractivity contribution in [2.75, 3.05) is 0 Å². The van der Waals surface area contributed by atoms with Crippen LogP contribution in [0.15, 0.2) is 30.3 Å². The van der Waals surface area contributed by atoms with Crippen molar-refractivity contribution in [3.8, 4) is 0 Å². The van der Waals surface area contributed by atoms with Gasteiger partial charge in [0.05, 0.1) is 12.0 Å². The normalized spacial score (nSPS) is 29.3. The van der Waals surface area contributed by atoms with Gasteiger partial charge in [0.15, 0.2) is 0 Å². The fraction of sp³-hybridized carbons (Fsp3) is 0.529. The highest BCUT2D eigenvalue weighted by atomic mass is 16.5. The minimum atomic E-state index is -0.865. The monoisotopic (exact) mass is 303 g/mol. The zero-order chi connectivity index (χ0) is 15.6. The average Bonchev–Trinajstić information content (AvgIpc) is 2.66. The maximum Gasteiger partial charge on any atom is 0.407 e. The van der Waals surface area contributed by atoms with Gasteiger partial charge >= 0.3 is 12.1 Å². The molecule has 2 N–H and O–H groups in total. The summed E-state index contributed by atoms with van der Waals surface area (Å²) in [6.07, 6.45) is 3.34. The molecule has 0 saturated heterocycles. The van der Waals surface area contributed by atoms with E-state index in [4.69, 9.17) is 4.74 Å². The molecule has 3 atom stereocenters. The van der Waals surface area contributed by atoms with E-state index in [9.17, 15) is 14.7 Å². The van der Waals surface area contributed by atoms with Crippen LogP contribution in [0.1, 0.15) is 37.7 Å². The third-order valence-electron chi connectivity index (χ3n) is 5.12. The number of nitrogens with one attached hydrogen (secondary N) is 1. The predicted molar refractivity (Wildman–Crippen MR) is 80.2 cm³/mol. The number of alkyl carbamates (subject to hydrolysis) is 1. The van der Waals surface area contributed by atoms with Crippen LogP contribution in [0.2, 0.25) is 0 Å².